The van der Waals surface area contributed by atoms with Gasteiger partial charge in [-0.3, -0.25) is 4.90 Å². The molecule has 126 valence electrons. The minimum atomic E-state index is 0.572. The second-order valence-corrected chi connectivity index (χ2v) is 7.52. The molecule has 0 radical (unpaired) electrons. The number of nitrogens with zero attached hydrogens (tertiary/aromatic N) is 1. The summed E-state index contributed by atoms with van der Waals surface area (Å²) in [7, 11) is 4.06. The van der Waals surface area contributed by atoms with Gasteiger partial charge in [0.2, 0.25) is 0 Å². The molecule has 2 heterocycles. The summed E-state index contributed by atoms with van der Waals surface area (Å²) in [5, 5.41) is 0. The van der Waals surface area contributed by atoms with Crippen LogP contribution in [0.5, 0.6) is 5.75 Å². The van der Waals surface area contributed by atoms with Gasteiger partial charge in [-0.25, -0.2) is 0 Å². The number of rotatable bonds is 3. The summed E-state index contributed by atoms with van der Waals surface area (Å²) < 4.78 is 5.35. The van der Waals surface area contributed by atoms with Gasteiger partial charge in [0.15, 0.2) is 0 Å². The maximum atomic E-state index is 5.35. The Morgan fingerprint density at radius 3 is 2.25 bits per heavy atom. The summed E-state index contributed by atoms with van der Waals surface area (Å²) in [6.45, 7) is 2.17. The van der Waals surface area contributed by atoms with Crippen LogP contribution in [0.3, 0.4) is 0 Å². The van der Waals surface area contributed by atoms with E-state index in [1.165, 1.54) is 36.0 Å². The summed E-state index contributed by atoms with van der Waals surface area (Å²) in [6, 6.07) is 19.4. The van der Waals surface area contributed by atoms with Crippen LogP contribution >= 0.6 is 0 Å². The Hall–Kier alpha value is -1.80. The van der Waals surface area contributed by atoms with Crippen LogP contribution in [0.4, 0.5) is 0 Å². The molecule has 2 aliphatic rings. The van der Waals surface area contributed by atoms with Gasteiger partial charge >= 0.3 is 0 Å². The highest BCUT2D eigenvalue weighted by Gasteiger charge is 2.46. The first kappa shape index (κ1) is 15.7. The Bertz CT molecular complexity index is 691. The zero-order valence-corrected chi connectivity index (χ0v) is 14.9. The molecule has 4 atom stereocenters. The molecular formula is C22H27NO. The van der Waals surface area contributed by atoms with E-state index in [2.05, 4.69) is 67.4 Å². The average Bonchev–Trinajstić information content (AvgIpc) is 2.85. The third-order valence-corrected chi connectivity index (χ3v) is 6.27. The van der Waals surface area contributed by atoms with Crippen LogP contribution in [-0.2, 0) is 0 Å². The van der Waals surface area contributed by atoms with Gasteiger partial charge in [0, 0.05) is 18.0 Å². The Kier molecular flexibility index (Phi) is 4.09. The molecule has 2 aromatic rings. The first-order valence-corrected chi connectivity index (χ1v) is 9.10. The van der Waals surface area contributed by atoms with Crippen molar-refractivity contribution in [2.45, 2.75) is 50.1 Å². The third-order valence-electron chi connectivity index (χ3n) is 6.27. The molecule has 2 unspecified atom stereocenters. The molecule has 2 bridgehead atoms. The highest BCUT2D eigenvalue weighted by Crippen LogP contribution is 2.50. The van der Waals surface area contributed by atoms with E-state index in [0.29, 0.717) is 17.9 Å². The number of piperidine rings is 1. The van der Waals surface area contributed by atoms with Crippen molar-refractivity contribution >= 4 is 0 Å². The van der Waals surface area contributed by atoms with Gasteiger partial charge in [0.05, 0.1) is 7.11 Å². The van der Waals surface area contributed by atoms with Crippen molar-refractivity contribution in [3.8, 4) is 5.75 Å². The van der Waals surface area contributed by atoms with E-state index in [4.69, 9.17) is 4.74 Å². The van der Waals surface area contributed by atoms with Gasteiger partial charge in [-0.1, -0.05) is 42.0 Å². The smallest absolute Gasteiger partial charge is 0.118 e. The van der Waals surface area contributed by atoms with E-state index >= 15 is 0 Å². The maximum absolute atomic E-state index is 5.35. The molecule has 2 aliphatic heterocycles. The van der Waals surface area contributed by atoms with Crippen LogP contribution in [0.25, 0.3) is 0 Å². The Balaban J connectivity index is 1.73. The molecule has 0 spiro atoms. The molecule has 0 N–H and O–H groups in total. The van der Waals surface area contributed by atoms with Crippen molar-refractivity contribution in [3.05, 3.63) is 65.2 Å². The number of ether oxygens (including phenoxy) is 1. The number of aryl methyl sites for hydroxylation is 1. The fraction of sp³-hybridized carbons (Fsp3) is 0.455. The Morgan fingerprint density at radius 2 is 1.58 bits per heavy atom. The van der Waals surface area contributed by atoms with E-state index in [1.807, 2.05) is 0 Å². The minimum Gasteiger partial charge on any atom is -0.497 e. The number of methoxy groups -OCH3 is 1. The van der Waals surface area contributed by atoms with Crippen molar-refractivity contribution in [1.82, 2.24) is 4.90 Å². The van der Waals surface area contributed by atoms with E-state index < -0.39 is 0 Å². The summed E-state index contributed by atoms with van der Waals surface area (Å²) >= 11 is 0. The molecular weight excluding hydrogens is 294 g/mol. The lowest BCUT2D eigenvalue weighted by Crippen LogP contribution is -2.44. The molecule has 4 rings (SSSR count). The zero-order valence-electron chi connectivity index (χ0n) is 14.9. The quantitative estimate of drug-likeness (QED) is 0.810. The molecule has 24 heavy (non-hydrogen) atoms. The fourth-order valence-electron chi connectivity index (χ4n) is 4.90. The number of fused-ring (bicyclic) bond motifs is 2. The summed E-state index contributed by atoms with van der Waals surface area (Å²) in [4.78, 5) is 2.64. The van der Waals surface area contributed by atoms with E-state index in [1.54, 1.807) is 7.11 Å². The molecule has 2 saturated heterocycles. The van der Waals surface area contributed by atoms with Crippen molar-refractivity contribution in [2.75, 3.05) is 14.2 Å². The van der Waals surface area contributed by atoms with Crippen LogP contribution in [0.1, 0.15) is 47.8 Å². The zero-order chi connectivity index (χ0) is 16.7. The largest absolute Gasteiger partial charge is 0.497 e. The Labute approximate surface area is 145 Å². The second-order valence-electron chi connectivity index (χ2n) is 7.52. The summed E-state index contributed by atoms with van der Waals surface area (Å²) in [5.74, 6) is 2.13. The predicted molar refractivity (Wildman–Crippen MR) is 98.8 cm³/mol. The number of hydrogen-bond donors (Lipinski definition) is 0. The fourth-order valence-corrected chi connectivity index (χ4v) is 4.90. The highest BCUT2D eigenvalue weighted by molar-refractivity contribution is 5.36. The van der Waals surface area contributed by atoms with Crippen molar-refractivity contribution in [1.29, 1.82) is 0 Å². The SMILES string of the molecule is COc1ccc(C2C3CC[C@H](C[C@H]2c2ccc(C)cc2)N3C)cc1. The van der Waals surface area contributed by atoms with Crippen molar-refractivity contribution in [2.24, 2.45) is 0 Å². The van der Waals surface area contributed by atoms with E-state index in [-0.39, 0.29) is 0 Å². The van der Waals surface area contributed by atoms with Crippen molar-refractivity contribution in [3.63, 3.8) is 0 Å². The van der Waals surface area contributed by atoms with E-state index in [0.717, 1.165) is 11.8 Å². The lowest BCUT2D eigenvalue weighted by molar-refractivity contribution is 0.137. The standard InChI is InChI=1S/C22H27NO/c1-15-4-6-16(7-5-15)20-14-18-10-13-21(23(18)2)22(20)17-8-11-19(24-3)12-9-17/h4-9,11-12,18,20-22H,10,13-14H2,1-3H3/t18-,20+,21?,22?/m1/s1. The number of likely N-dealkylation sites (N-methyl/N-ethyl adjacent to an activating group) is 1. The highest BCUT2D eigenvalue weighted by atomic mass is 16.5. The maximum Gasteiger partial charge on any atom is 0.118 e. The molecule has 0 aliphatic carbocycles. The average molecular weight is 321 g/mol. The van der Waals surface area contributed by atoms with Gasteiger partial charge in [0.1, 0.15) is 5.75 Å². The van der Waals surface area contributed by atoms with Crippen LogP contribution in [-0.4, -0.2) is 31.1 Å². The monoisotopic (exact) mass is 321 g/mol. The van der Waals surface area contributed by atoms with Gasteiger partial charge in [-0.05, 0) is 62.4 Å². The number of benzene rings is 2. The predicted octanol–water partition coefficient (Wildman–Crippen LogP) is 4.74. The summed E-state index contributed by atoms with van der Waals surface area (Å²) in [6.07, 6.45) is 3.93. The van der Waals surface area contributed by atoms with Crippen LogP contribution in [0, 0.1) is 6.92 Å². The second kappa shape index (κ2) is 6.25. The molecule has 0 aromatic heterocycles. The van der Waals surface area contributed by atoms with Crippen LogP contribution < -0.4 is 4.74 Å². The minimum absolute atomic E-state index is 0.572. The topological polar surface area (TPSA) is 12.5 Å². The molecule has 2 nitrogen and oxygen atoms in total. The lowest BCUT2D eigenvalue weighted by atomic mass is 9.72. The lowest BCUT2D eigenvalue weighted by Gasteiger charge is -2.43. The Morgan fingerprint density at radius 1 is 0.917 bits per heavy atom. The molecule has 2 fully saturated rings. The van der Waals surface area contributed by atoms with Crippen LogP contribution in [0.2, 0.25) is 0 Å². The molecule has 2 heteroatoms. The van der Waals surface area contributed by atoms with E-state index in [9.17, 15) is 0 Å². The normalized spacial score (nSPS) is 29.6. The van der Waals surface area contributed by atoms with Gasteiger partial charge in [-0.15, -0.1) is 0 Å². The van der Waals surface area contributed by atoms with Gasteiger partial charge in [-0.2, -0.15) is 0 Å². The summed E-state index contributed by atoms with van der Waals surface area (Å²) in [5.41, 5.74) is 4.31. The first-order valence-electron chi connectivity index (χ1n) is 9.10. The van der Waals surface area contributed by atoms with Crippen LogP contribution in [0.15, 0.2) is 48.5 Å². The van der Waals surface area contributed by atoms with Gasteiger partial charge in [0.25, 0.3) is 0 Å². The van der Waals surface area contributed by atoms with Gasteiger partial charge < -0.3 is 4.74 Å². The van der Waals surface area contributed by atoms with Crippen molar-refractivity contribution < 1.29 is 4.74 Å². The first-order chi connectivity index (χ1) is 11.7. The molecule has 2 aromatic carbocycles. The molecule has 0 saturated carbocycles. The third kappa shape index (κ3) is 2.63. The molecule has 0 amide bonds. The number of hydrogen-bond acceptors (Lipinski definition) is 2.